The van der Waals surface area contributed by atoms with Crippen molar-refractivity contribution < 1.29 is 8.78 Å². The van der Waals surface area contributed by atoms with Gasteiger partial charge in [0.15, 0.2) is 0 Å². The summed E-state index contributed by atoms with van der Waals surface area (Å²) >= 11 is 6.04. The summed E-state index contributed by atoms with van der Waals surface area (Å²) in [5.74, 6) is -1.11. The monoisotopic (exact) mass is 281 g/mol. The highest BCUT2D eigenvalue weighted by atomic mass is 35.5. The van der Waals surface area contributed by atoms with Gasteiger partial charge in [0, 0.05) is 29.2 Å². The lowest BCUT2D eigenvalue weighted by Crippen LogP contribution is -2.19. The van der Waals surface area contributed by atoms with Gasteiger partial charge in [0.1, 0.15) is 11.6 Å². The summed E-state index contributed by atoms with van der Waals surface area (Å²) in [5, 5.41) is 3.84. The standard InChI is InChI=1S/C15H14ClF2N/c1-10(13-7-6-12(17)8-15(13)18)19-9-11-4-2-3-5-14(11)16/h2-8,10,19H,9H2,1H3. The topological polar surface area (TPSA) is 12.0 Å². The first-order valence-corrected chi connectivity index (χ1v) is 6.37. The Morgan fingerprint density at radius 1 is 1.16 bits per heavy atom. The van der Waals surface area contributed by atoms with E-state index in [0.29, 0.717) is 17.1 Å². The smallest absolute Gasteiger partial charge is 0.130 e. The summed E-state index contributed by atoms with van der Waals surface area (Å²) in [6.45, 7) is 2.35. The fourth-order valence-corrected chi connectivity index (χ4v) is 2.07. The first kappa shape index (κ1) is 14.0. The molecular weight excluding hydrogens is 268 g/mol. The van der Waals surface area contributed by atoms with Crippen LogP contribution in [0.1, 0.15) is 24.1 Å². The molecule has 2 rings (SSSR count). The molecule has 0 bridgehead atoms. The Bertz CT molecular complexity index is 572. The third-order valence-corrected chi connectivity index (χ3v) is 3.35. The van der Waals surface area contributed by atoms with Crippen LogP contribution >= 0.6 is 11.6 Å². The predicted octanol–water partition coefficient (Wildman–Crippen LogP) is 4.47. The van der Waals surface area contributed by atoms with E-state index >= 15 is 0 Å². The van der Waals surface area contributed by atoms with Crippen molar-refractivity contribution in [3.05, 3.63) is 70.2 Å². The van der Waals surface area contributed by atoms with Crippen molar-refractivity contribution >= 4 is 11.6 Å². The molecule has 100 valence electrons. The van der Waals surface area contributed by atoms with Crippen LogP contribution in [0.5, 0.6) is 0 Å². The van der Waals surface area contributed by atoms with Crippen molar-refractivity contribution in [2.45, 2.75) is 19.5 Å². The highest BCUT2D eigenvalue weighted by Crippen LogP contribution is 2.20. The molecule has 2 aromatic rings. The molecule has 0 heterocycles. The second-order valence-electron chi connectivity index (χ2n) is 4.36. The fraction of sp³-hybridized carbons (Fsp3) is 0.200. The first-order chi connectivity index (χ1) is 9.08. The van der Waals surface area contributed by atoms with Gasteiger partial charge >= 0.3 is 0 Å². The maximum atomic E-state index is 13.6. The Morgan fingerprint density at radius 3 is 2.58 bits per heavy atom. The van der Waals surface area contributed by atoms with Crippen molar-refractivity contribution in [1.29, 1.82) is 0 Å². The van der Waals surface area contributed by atoms with Gasteiger partial charge in [-0.15, -0.1) is 0 Å². The SMILES string of the molecule is CC(NCc1ccccc1Cl)c1ccc(F)cc1F. The van der Waals surface area contributed by atoms with Crippen molar-refractivity contribution in [3.63, 3.8) is 0 Å². The van der Waals surface area contributed by atoms with Crippen LogP contribution in [-0.4, -0.2) is 0 Å². The largest absolute Gasteiger partial charge is 0.306 e. The second kappa shape index (κ2) is 6.13. The van der Waals surface area contributed by atoms with Gasteiger partial charge in [-0.05, 0) is 24.6 Å². The van der Waals surface area contributed by atoms with Crippen LogP contribution in [0.15, 0.2) is 42.5 Å². The van der Waals surface area contributed by atoms with Crippen LogP contribution in [0.4, 0.5) is 8.78 Å². The average molecular weight is 282 g/mol. The van der Waals surface area contributed by atoms with Gasteiger partial charge in [0.25, 0.3) is 0 Å². The van der Waals surface area contributed by atoms with Gasteiger partial charge in [-0.1, -0.05) is 35.9 Å². The zero-order valence-electron chi connectivity index (χ0n) is 10.5. The number of nitrogens with one attached hydrogen (secondary N) is 1. The molecule has 0 aromatic heterocycles. The van der Waals surface area contributed by atoms with E-state index in [-0.39, 0.29) is 6.04 Å². The van der Waals surface area contributed by atoms with E-state index < -0.39 is 11.6 Å². The number of hydrogen-bond donors (Lipinski definition) is 1. The maximum absolute atomic E-state index is 13.6. The Hall–Kier alpha value is -1.45. The van der Waals surface area contributed by atoms with Crippen LogP contribution < -0.4 is 5.32 Å². The number of hydrogen-bond acceptors (Lipinski definition) is 1. The molecule has 1 N–H and O–H groups in total. The molecule has 0 saturated heterocycles. The van der Waals surface area contributed by atoms with Crippen LogP contribution in [0, 0.1) is 11.6 Å². The molecule has 0 aliphatic carbocycles. The molecule has 0 radical (unpaired) electrons. The number of benzene rings is 2. The molecular formula is C15H14ClF2N. The van der Waals surface area contributed by atoms with Crippen molar-refractivity contribution in [2.24, 2.45) is 0 Å². The quantitative estimate of drug-likeness (QED) is 0.872. The molecule has 0 fully saturated rings. The molecule has 1 atom stereocenters. The maximum Gasteiger partial charge on any atom is 0.130 e. The lowest BCUT2D eigenvalue weighted by Gasteiger charge is -2.15. The summed E-state index contributed by atoms with van der Waals surface area (Å²) in [5.41, 5.74) is 1.38. The third-order valence-electron chi connectivity index (χ3n) is 2.99. The van der Waals surface area contributed by atoms with Gasteiger partial charge in [-0.25, -0.2) is 8.78 Å². The minimum absolute atomic E-state index is 0.225. The summed E-state index contributed by atoms with van der Waals surface area (Å²) in [6, 6.07) is 10.8. The summed E-state index contributed by atoms with van der Waals surface area (Å²) < 4.78 is 26.4. The highest BCUT2D eigenvalue weighted by molar-refractivity contribution is 6.31. The average Bonchev–Trinajstić information content (AvgIpc) is 2.37. The van der Waals surface area contributed by atoms with Crippen LogP contribution in [0.3, 0.4) is 0 Å². The second-order valence-corrected chi connectivity index (χ2v) is 4.77. The van der Waals surface area contributed by atoms with Gasteiger partial charge in [-0.2, -0.15) is 0 Å². The minimum Gasteiger partial charge on any atom is -0.306 e. The number of halogens is 3. The molecule has 0 aliphatic heterocycles. The molecule has 4 heteroatoms. The first-order valence-electron chi connectivity index (χ1n) is 5.99. The van der Waals surface area contributed by atoms with E-state index in [1.165, 1.54) is 12.1 Å². The Labute approximate surface area is 116 Å². The van der Waals surface area contributed by atoms with E-state index in [1.807, 2.05) is 31.2 Å². The van der Waals surface area contributed by atoms with Crippen molar-refractivity contribution in [1.82, 2.24) is 5.32 Å². The Morgan fingerprint density at radius 2 is 1.89 bits per heavy atom. The van der Waals surface area contributed by atoms with E-state index in [4.69, 9.17) is 11.6 Å². The zero-order valence-corrected chi connectivity index (χ0v) is 11.2. The molecule has 0 amide bonds. The molecule has 1 nitrogen and oxygen atoms in total. The Kier molecular flexibility index (Phi) is 4.51. The summed E-state index contributed by atoms with van der Waals surface area (Å²) in [4.78, 5) is 0. The molecule has 2 aromatic carbocycles. The summed E-state index contributed by atoms with van der Waals surface area (Å²) in [7, 11) is 0. The molecule has 0 aliphatic rings. The Balaban J connectivity index is 2.05. The van der Waals surface area contributed by atoms with Crippen molar-refractivity contribution in [2.75, 3.05) is 0 Å². The molecule has 1 unspecified atom stereocenters. The lowest BCUT2D eigenvalue weighted by atomic mass is 10.1. The van der Waals surface area contributed by atoms with Gasteiger partial charge in [0.05, 0.1) is 0 Å². The summed E-state index contributed by atoms with van der Waals surface area (Å²) in [6.07, 6.45) is 0. The van der Waals surface area contributed by atoms with E-state index in [2.05, 4.69) is 5.32 Å². The highest BCUT2D eigenvalue weighted by Gasteiger charge is 2.11. The van der Waals surface area contributed by atoms with E-state index in [1.54, 1.807) is 0 Å². The molecule has 0 spiro atoms. The zero-order chi connectivity index (χ0) is 13.8. The van der Waals surface area contributed by atoms with Crippen molar-refractivity contribution in [3.8, 4) is 0 Å². The number of rotatable bonds is 4. The van der Waals surface area contributed by atoms with Crippen LogP contribution in [0.25, 0.3) is 0 Å². The van der Waals surface area contributed by atoms with Crippen LogP contribution in [-0.2, 0) is 6.54 Å². The van der Waals surface area contributed by atoms with Gasteiger partial charge in [-0.3, -0.25) is 0 Å². The van der Waals surface area contributed by atoms with Gasteiger partial charge < -0.3 is 5.32 Å². The van der Waals surface area contributed by atoms with Gasteiger partial charge in [0.2, 0.25) is 0 Å². The van der Waals surface area contributed by atoms with E-state index in [9.17, 15) is 8.78 Å². The predicted molar refractivity (Wildman–Crippen MR) is 73.1 cm³/mol. The third kappa shape index (κ3) is 3.52. The minimum atomic E-state index is -0.570. The molecule has 0 saturated carbocycles. The van der Waals surface area contributed by atoms with E-state index in [0.717, 1.165) is 11.6 Å². The molecule has 19 heavy (non-hydrogen) atoms. The normalized spacial score (nSPS) is 12.4. The lowest BCUT2D eigenvalue weighted by molar-refractivity contribution is 0.518. The fourth-order valence-electron chi connectivity index (χ4n) is 1.87. The van der Waals surface area contributed by atoms with Crippen LogP contribution in [0.2, 0.25) is 5.02 Å².